The second kappa shape index (κ2) is 3.23. The van der Waals surface area contributed by atoms with Crippen LogP contribution in [0, 0.1) is 6.92 Å². The summed E-state index contributed by atoms with van der Waals surface area (Å²) in [6.07, 6.45) is 3.72. The maximum absolute atomic E-state index is 5.26. The summed E-state index contributed by atoms with van der Waals surface area (Å²) in [5, 5.41) is 3.91. The first-order valence-corrected chi connectivity index (χ1v) is 5.38. The summed E-state index contributed by atoms with van der Waals surface area (Å²) in [7, 11) is 0. The maximum atomic E-state index is 5.26. The van der Waals surface area contributed by atoms with E-state index in [2.05, 4.69) is 23.4 Å². The lowest BCUT2D eigenvalue weighted by Gasteiger charge is -2.00. The van der Waals surface area contributed by atoms with Crippen molar-refractivity contribution in [2.45, 2.75) is 26.2 Å². The molecule has 0 saturated heterocycles. The summed E-state index contributed by atoms with van der Waals surface area (Å²) < 4.78 is 5.26. The third-order valence-electron chi connectivity index (χ3n) is 3.01. The van der Waals surface area contributed by atoms with Gasteiger partial charge in [-0.3, -0.25) is 0 Å². The van der Waals surface area contributed by atoms with Crippen LogP contribution in [0.5, 0.6) is 0 Å². The molecule has 1 aromatic carbocycles. The van der Waals surface area contributed by atoms with Crippen LogP contribution in [0.4, 0.5) is 0 Å². The van der Waals surface area contributed by atoms with Crippen molar-refractivity contribution >= 4 is 0 Å². The third-order valence-corrected chi connectivity index (χ3v) is 3.01. The van der Waals surface area contributed by atoms with Crippen molar-refractivity contribution in [1.29, 1.82) is 0 Å². The van der Waals surface area contributed by atoms with E-state index in [1.165, 1.54) is 30.4 Å². The molecule has 0 amide bonds. The van der Waals surface area contributed by atoms with Crippen LogP contribution in [0.25, 0.3) is 11.3 Å². The van der Waals surface area contributed by atoms with Crippen molar-refractivity contribution in [3.8, 4) is 11.3 Å². The van der Waals surface area contributed by atoms with E-state index in [9.17, 15) is 0 Å². The molecule has 0 fully saturated rings. The number of benzene rings is 1. The Morgan fingerprint density at radius 1 is 1.13 bits per heavy atom. The Labute approximate surface area is 88.9 Å². The van der Waals surface area contributed by atoms with Crippen LogP contribution in [0.15, 0.2) is 28.8 Å². The second-order valence-electron chi connectivity index (χ2n) is 4.17. The molecule has 1 aliphatic rings. The van der Waals surface area contributed by atoms with Gasteiger partial charge in [0.1, 0.15) is 0 Å². The fourth-order valence-corrected chi connectivity index (χ4v) is 2.22. The average molecular weight is 199 g/mol. The monoisotopic (exact) mass is 199 g/mol. The van der Waals surface area contributed by atoms with Gasteiger partial charge in [-0.05, 0) is 43.4 Å². The molecule has 15 heavy (non-hydrogen) atoms. The van der Waals surface area contributed by atoms with Crippen molar-refractivity contribution < 1.29 is 4.52 Å². The summed E-state index contributed by atoms with van der Waals surface area (Å²) in [5.41, 5.74) is 5.05. The fourth-order valence-electron chi connectivity index (χ4n) is 2.22. The normalized spacial score (nSPS) is 14.2. The van der Waals surface area contributed by atoms with Gasteiger partial charge in [0.2, 0.25) is 0 Å². The highest BCUT2D eigenvalue weighted by atomic mass is 16.5. The van der Waals surface area contributed by atoms with Gasteiger partial charge in [-0.15, -0.1) is 0 Å². The zero-order valence-corrected chi connectivity index (χ0v) is 8.79. The molecule has 0 bridgehead atoms. The summed E-state index contributed by atoms with van der Waals surface area (Å²) in [5.74, 6) is 0.877. The Hall–Kier alpha value is -1.57. The topological polar surface area (TPSA) is 26.0 Å². The SMILES string of the molecule is Cc1cc(-c2ccc3c(c2)CCC3)on1. The smallest absolute Gasteiger partial charge is 0.167 e. The molecule has 2 aromatic rings. The van der Waals surface area contributed by atoms with Crippen molar-refractivity contribution in [2.24, 2.45) is 0 Å². The van der Waals surface area contributed by atoms with Crippen molar-refractivity contribution in [1.82, 2.24) is 5.16 Å². The summed E-state index contributed by atoms with van der Waals surface area (Å²) in [6, 6.07) is 8.57. The van der Waals surface area contributed by atoms with Gasteiger partial charge in [-0.1, -0.05) is 17.3 Å². The number of aromatic nitrogens is 1. The Bertz CT molecular complexity index is 499. The number of fused-ring (bicyclic) bond motifs is 1. The molecule has 2 nitrogen and oxygen atoms in total. The molecule has 0 atom stereocenters. The van der Waals surface area contributed by atoms with E-state index in [4.69, 9.17) is 4.52 Å². The minimum Gasteiger partial charge on any atom is -0.356 e. The minimum absolute atomic E-state index is 0.877. The molecular weight excluding hydrogens is 186 g/mol. The van der Waals surface area contributed by atoms with Gasteiger partial charge in [0.05, 0.1) is 5.69 Å². The Morgan fingerprint density at radius 2 is 2.00 bits per heavy atom. The molecule has 0 unspecified atom stereocenters. The van der Waals surface area contributed by atoms with Crippen molar-refractivity contribution in [3.63, 3.8) is 0 Å². The quantitative estimate of drug-likeness (QED) is 0.705. The zero-order valence-electron chi connectivity index (χ0n) is 8.79. The van der Waals surface area contributed by atoms with Gasteiger partial charge >= 0.3 is 0 Å². The molecule has 1 aliphatic carbocycles. The van der Waals surface area contributed by atoms with Crippen LogP contribution in [0.1, 0.15) is 23.2 Å². The van der Waals surface area contributed by atoms with Crippen LogP contribution in [-0.4, -0.2) is 5.16 Å². The first-order chi connectivity index (χ1) is 7.33. The van der Waals surface area contributed by atoms with E-state index < -0.39 is 0 Å². The number of hydrogen-bond acceptors (Lipinski definition) is 2. The number of nitrogens with zero attached hydrogens (tertiary/aromatic N) is 1. The van der Waals surface area contributed by atoms with E-state index in [0.29, 0.717) is 0 Å². The number of rotatable bonds is 1. The molecule has 0 N–H and O–H groups in total. The molecule has 0 aliphatic heterocycles. The molecular formula is C13H13NO. The molecule has 0 saturated carbocycles. The van der Waals surface area contributed by atoms with Gasteiger partial charge in [-0.2, -0.15) is 0 Å². The highest BCUT2D eigenvalue weighted by Crippen LogP contribution is 2.28. The van der Waals surface area contributed by atoms with Crippen LogP contribution in [0.2, 0.25) is 0 Å². The highest BCUT2D eigenvalue weighted by molar-refractivity contribution is 5.60. The van der Waals surface area contributed by atoms with E-state index >= 15 is 0 Å². The third kappa shape index (κ3) is 1.46. The van der Waals surface area contributed by atoms with Gasteiger partial charge in [0.15, 0.2) is 5.76 Å². The van der Waals surface area contributed by atoms with E-state index in [-0.39, 0.29) is 0 Å². The molecule has 0 radical (unpaired) electrons. The van der Waals surface area contributed by atoms with Crippen molar-refractivity contribution in [3.05, 3.63) is 41.1 Å². The van der Waals surface area contributed by atoms with Gasteiger partial charge < -0.3 is 4.52 Å². The zero-order chi connectivity index (χ0) is 10.3. The average Bonchev–Trinajstić information content (AvgIpc) is 2.84. The standard InChI is InChI=1S/C13H13NO/c1-9-7-13(15-14-9)12-6-5-10-3-2-4-11(10)8-12/h5-8H,2-4H2,1H3. The molecule has 76 valence electrons. The Kier molecular flexibility index (Phi) is 1.88. The molecule has 3 rings (SSSR count). The summed E-state index contributed by atoms with van der Waals surface area (Å²) in [4.78, 5) is 0. The van der Waals surface area contributed by atoms with Crippen LogP contribution < -0.4 is 0 Å². The van der Waals surface area contributed by atoms with Gasteiger partial charge in [0, 0.05) is 11.6 Å². The lowest BCUT2D eigenvalue weighted by molar-refractivity contribution is 0.427. The maximum Gasteiger partial charge on any atom is 0.167 e. The summed E-state index contributed by atoms with van der Waals surface area (Å²) >= 11 is 0. The largest absolute Gasteiger partial charge is 0.356 e. The Balaban J connectivity index is 2.06. The Morgan fingerprint density at radius 3 is 2.80 bits per heavy atom. The minimum atomic E-state index is 0.877. The highest BCUT2D eigenvalue weighted by Gasteiger charge is 2.12. The molecule has 2 heteroatoms. The molecule has 0 spiro atoms. The van der Waals surface area contributed by atoms with E-state index in [1.807, 2.05) is 13.0 Å². The predicted molar refractivity (Wildman–Crippen MR) is 58.7 cm³/mol. The van der Waals surface area contributed by atoms with Crippen LogP contribution in [0.3, 0.4) is 0 Å². The van der Waals surface area contributed by atoms with Crippen LogP contribution in [-0.2, 0) is 12.8 Å². The first-order valence-electron chi connectivity index (χ1n) is 5.38. The lowest BCUT2D eigenvalue weighted by atomic mass is 10.0. The molecule has 1 heterocycles. The van der Waals surface area contributed by atoms with E-state index in [1.54, 1.807) is 0 Å². The van der Waals surface area contributed by atoms with Crippen LogP contribution >= 0.6 is 0 Å². The summed E-state index contributed by atoms with van der Waals surface area (Å²) in [6.45, 7) is 1.94. The first kappa shape index (κ1) is 8.72. The fraction of sp³-hybridized carbons (Fsp3) is 0.308. The lowest BCUT2D eigenvalue weighted by Crippen LogP contribution is -1.83. The van der Waals surface area contributed by atoms with Gasteiger partial charge in [-0.25, -0.2) is 0 Å². The number of aryl methyl sites for hydroxylation is 3. The van der Waals surface area contributed by atoms with Crippen molar-refractivity contribution in [2.75, 3.05) is 0 Å². The second-order valence-corrected chi connectivity index (χ2v) is 4.17. The van der Waals surface area contributed by atoms with E-state index in [0.717, 1.165) is 17.0 Å². The predicted octanol–water partition coefficient (Wildman–Crippen LogP) is 3.14. The molecule has 1 aromatic heterocycles. The number of hydrogen-bond donors (Lipinski definition) is 0. The van der Waals surface area contributed by atoms with Gasteiger partial charge in [0.25, 0.3) is 0 Å².